The van der Waals surface area contributed by atoms with Gasteiger partial charge in [0, 0.05) is 31.4 Å². The van der Waals surface area contributed by atoms with Gasteiger partial charge in [0.15, 0.2) is 0 Å². The quantitative estimate of drug-likeness (QED) is 0.780. The topological polar surface area (TPSA) is 6.48 Å². The van der Waals surface area contributed by atoms with Crippen molar-refractivity contribution in [2.24, 2.45) is 0 Å². The molecule has 2 fully saturated rings. The van der Waals surface area contributed by atoms with Crippen molar-refractivity contribution in [1.29, 1.82) is 0 Å². The van der Waals surface area contributed by atoms with E-state index < -0.39 is 11.7 Å². The van der Waals surface area contributed by atoms with Crippen LogP contribution in [-0.4, -0.2) is 37.1 Å². The van der Waals surface area contributed by atoms with Crippen LogP contribution in [-0.2, 0) is 6.18 Å². The molecule has 0 saturated carbocycles. The van der Waals surface area contributed by atoms with E-state index in [1.54, 1.807) is 6.07 Å². The molecule has 0 N–H and O–H groups in total. The van der Waals surface area contributed by atoms with E-state index in [4.69, 9.17) is 0 Å². The first-order valence-electron chi connectivity index (χ1n) is 7.20. The predicted molar refractivity (Wildman–Crippen MR) is 72.9 cm³/mol. The molecule has 1 atom stereocenters. The Balaban J connectivity index is 1.81. The van der Waals surface area contributed by atoms with Crippen molar-refractivity contribution < 1.29 is 13.2 Å². The summed E-state index contributed by atoms with van der Waals surface area (Å²) in [5, 5.41) is 0. The second-order valence-corrected chi connectivity index (χ2v) is 5.68. The summed E-state index contributed by atoms with van der Waals surface area (Å²) in [7, 11) is 0. The third kappa shape index (κ3) is 2.77. The molecule has 0 radical (unpaired) electrons. The largest absolute Gasteiger partial charge is 0.416 e. The van der Waals surface area contributed by atoms with Gasteiger partial charge in [-0.3, -0.25) is 4.90 Å². The number of hydrogen-bond donors (Lipinski definition) is 0. The Morgan fingerprint density at radius 3 is 2.65 bits per heavy atom. The lowest BCUT2D eigenvalue weighted by atomic mass is 10.1. The molecule has 2 aliphatic heterocycles. The van der Waals surface area contributed by atoms with E-state index in [2.05, 4.69) is 9.80 Å². The number of halogens is 3. The Morgan fingerprint density at radius 1 is 1.05 bits per heavy atom. The number of anilines is 1. The SMILES string of the molecule is FC(F)(F)c1cccc(N2CCCN3CCCC3C2)c1. The summed E-state index contributed by atoms with van der Waals surface area (Å²) in [4.78, 5) is 4.60. The smallest absolute Gasteiger partial charge is 0.370 e. The van der Waals surface area contributed by atoms with Crippen LogP contribution in [0, 0.1) is 0 Å². The predicted octanol–water partition coefficient (Wildman–Crippen LogP) is 3.38. The van der Waals surface area contributed by atoms with Crippen LogP contribution in [0.2, 0.25) is 0 Å². The fourth-order valence-electron chi connectivity index (χ4n) is 3.32. The van der Waals surface area contributed by atoms with Crippen molar-refractivity contribution in [2.45, 2.75) is 31.5 Å². The first-order valence-corrected chi connectivity index (χ1v) is 7.20. The number of hydrogen-bond acceptors (Lipinski definition) is 2. The highest BCUT2D eigenvalue weighted by Crippen LogP contribution is 2.32. The van der Waals surface area contributed by atoms with Gasteiger partial charge in [-0.15, -0.1) is 0 Å². The first-order chi connectivity index (χ1) is 9.54. The van der Waals surface area contributed by atoms with E-state index in [1.165, 1.54) is 18.6 Å². The van der Waals surface area contributed by atoms with Gasteiger partial charge >= 0.3 is 6.18 Å². The lowest BCUT2D eigenvalue weighted by Crippen LogP contribution is -2.36. The standard InChI is InChI=1S/C15H19F3N2/c16-15(17,18)12-4-1-5-13(10-12)20-9-3-8-19-7-2-6-14(19)11-20/h1,4-5,10,14H,2-3,6-9,11H2. The summed E-state index contributed by atoms with van der Waals surface area (Å²) in [6.07, 6.45) is -0.870. The molecule has 3 rings (SSSR count). The van der Waals surface area contributed by atoms with E-state index >= 15 is 0 Å². The van der Waals surface area contributed by atoms with E-state index in [0.717, 1.165) is 45.1 Å². The summed E-state index contributed by atoms with van der Waals surface area (Å²) in [6.45, 7) is 3.90. The minimum Gasteiger partial charge on any atom is -0.370 e. The van der Waals surface area contributed by atoms with Crippen LogP contribution in [0.1, 0.15) is 24.8 Å². The molecule has 2 heterocycles. The first kappa shape index (κ1) is 13.7. The Hall–Kier alpha value is -1.23. The zero-order valence-corrected chi connectivity index (χ0v) is 11.4. The fourth-order valence-corrected chi connectivity index (χ4v) is 3.32. The average Bonchev–Trinajstić information content (AvgIpc) is 2.75. The highest BCUT2D eigenvalue weighted by molar-refractivity contribution is 5.49. The second kappa shape index (κ2) is 5.28. The Kier molecular flexibility index (Phi) is 3.63. The maximum Gasteiger partial charge on any atom is 0.416 e. The van der Waals surface area contributed by atoms with Crippen LogP contribution in [0.25, 0.3) is 0 Å². The van der Waals surface area contributed by atoms with Gasteiger partial charge < -0.3 is 4.90 Å². The second-order valence-electron chi connectivity index (χ2n) is 5.68. The van der Waals surface area contributed by atoms with Crippen LogP contribution in [0.5, 0.6) is 0 Å². The van der Waals surface area contributed by atoms with Gasteiger partial charge in [-0.25, -0.2) is 0 Å². The van der Waals surface area contributed by atoms with E-state index in [9.17, 15) is 13.2 Å². The van der Waals surface area contributed by atoms with Gasteiger partial charge in [0.05, 0.1) is 5.56 Å². The molecule has 1 aromatic carbocycles. The van der Waals surface area contributed by atoms with Gasteiger partial charge in [0.25, 0.3) is 0 Å². The molecule has 1 unspecified atom stereocenters. The lowest BCUT2D eigenvalue weighted by Gasteiger charge is -2.27. The van der Waals surface area contributed by atoms with Crippen LogP contribution in [0.15, 0.2) is 24.3 Å². The highest BCUT2D eigenvalue weighted by atomic mass is 19.4. The summed E-state index contributed by atoms with van der Waals surface area (Å²) in [5.41, 5.74) is 0.149. The molecule has 0 aliphatic carbocycles. The molecule has 110 valence electrons. The monoisotopic (exact) mass is 284 g/mol. The van der Waals surface area contributed by atoms with Crippen molar-refractivity contribution in [3.8, 4) is 0 Å². The molecule has 2 nitrogen and oxygen atoms in total. The van der Waals surface area contributed by atoms with Crippen molar-refractivity contribution in [3.63, 3.8) is 0 Å². The molecule has 2 saturated heterocycles. The van der Waals surface area contributed by atoms with Gasteiger partial charge in [-0.05, 0) is 44.0 Å². The Labute approximate surface area is 117 Å². The highest BCUT2D eigenvalue weighted by Gasteiger charge is 2.32. The van der Waals surface area contributed by atoms with Gasteiger partial charge in [-0.1, -0.05) is 6.07 Å². The van der Waals surface area contributed by atoms with Crippen LogP contribution < -0.4 is 4.90 Å². The van der Waals surface area contributed by atoms with Crippen molar-refractivity contribution in [2.75, 3.05) is 31.1 Å². The van der Waals surface area contributed by atoms with Crippen LogP contribution in [0.3, 0.4) is 0 Å². The zero-order chi connectivity index (χ0) is 14.2. The molecular weight excluding hydrogens is 265 g/mol. The van der Waals surface area contributed by atoms with Crippen molar-refractivity contribution in [3.05, 3.63) is 29.8 Å². The van der Waals surface area contributed by atoms with Gasteiger partial charge in [0.1, 0.15) is 0 Å². The molecule has 2 aliphatic rings. The Bertz CT molecular complexity index is 472. The van der Waals surface area contributed by atoms with Gasteiger partial charge in [0.2, 0.25) is 0 Å². The number of nitrogens with zero attached hydrogens (tertiary/aromatic N) is 2. The number of benzene rings is 1. The van der Waals surface area contributed by atoms with E-state index in [0.29, 0.717) is 11.7 Å². The lowest BCUT2D eigenvalue weighted by molar-refractivity contribution is -0.137. The minimum absolute atomic E-state index is 0.507. The fraction of sp³-hybridized carbons (Fsp3) is 0.600. The van der Waals surface area contributed by atoms with Crippen molar-refractivity contribution >= 4 is 5.69 Å². The molecule has 20 heavy (non-hydrogen) atoms. The average molecular weight is 284 g/mol. The molecular formula is C15H19F3N2. The van der Waals surface area contributed by atoms with Crippen LogP contribution >= 0.6 is 0 Å². The third-order valence-corrected chi connectivity index (χ3v) is 4.34. The molecule has 5 heteroatoms. The summed E-state index contributed by atoms with van der Waals surface area (Å²) in [5.74, 6) is 0. The number of fused-ring (bicyclic) bond motifs is 1. The zero-order valence-electron chi connectivity index (χ0n) is 11.4. The molecule has 0 amide bonds. The maximum atomic E-state index is 12.8. The third-order valence-electron chi connectivity index (χ3n) is 4.34. The number of alkyl halides is 3. The summed E-state index contributed by atoms with van der Waals surface area (Å²) in [6, 6.07) is 6.23. The molecule has 0 spiro atoms. The van der Waals surface area contributed by atoms with Gasteiger partial charge in [-0.2, -0.15) is 13.2 Å². The van der Waals surface area contributed by atoms with E-state index in [-0.39, 0.29) is 0 Å². The van der Waals surface area contributed by atoms with Crippen molar-refractivity contribution in [1.82, 2.24) is 4.90 Å². The normalized spacial score (nSPS) is 24.6. The molecule has 0 bridgehead atoms. The summed E-state index contributed by atoms with van der Waals surface area (Å²) >= 11 is 0. The van der Waals surface area contributed by atoms with Crippen LogP contribution in [0.4, 0.5) is 18.9 Å². The minimum atomic E-state index is -4.26. The summed E-state index contributed by atoms with van der Waals surface area (Å²) < 4.78 is 38.4. The Morgan fingerprint density at radius 2 is 1.85 bits per heavy atom. The number of rotatable bonds is 1. The van der Waals surface area contributed by atoms with E-state index in [1.807, 2.05) is 0 Å². The maximum absolute atomic E-state index is 12.8. The molecule has 1 aromatic rings. The molecule has 0 aromatic heterocycles.